The molecule has 0 spiro atoms. The fourth-order valence-corrected chi connectivity index (χ4v) is 2.49. The first kappa shape index (κ1) is 18.7. The molecule has 1 aliphatic rings. The van der Waals surface area contributed by atoms with Crippen molar-refractivity contribution in [3.8, 4) is 5.69 Å². The highest BCUT2D eigenvalue weighted by Crippen LogP contribution is 2.36. The van der Waals surface area contributed by atoms with Gasteiger partial charge in [-0.25, -0.2) is 15.2 Å². The van der Waals surface area contributed by atoms with Gasteiger partial charge in [0.15, 0.2) is 5.69 Å². The molecule has 144 valence electrons. The largest absolute Gasteiger partial charge is 0.439 e. The number of hydrazone groups is 1. The Morgan fingerprint density at radius 3 is 2.41 bits per heavy atom. The van der Waals surface area contributed by atoms with Gasteiger partial charge in [0.2, 0.25) is 0 Å². The number of carbonyl (C=O) groups excluding carboxylic acids is 1. The van der Waals surface area contributed by atoms with E-state index >= 15 is 0 Å². The van der Waals surface area contributed by atoms with Crippen molar-refractivity contribution in [2.75, 3.05) is 0 Å². The fourth-order valence-electron chi connectivity index (χ4n) is 2.49. The quantitative estimate of drug-likeness (QED) is 0.792. The number of halogens is 6. The molecule has 0 aliphatic carbocycles. The van der Waals surface area contributed by atoms with Gasteiger partial charge in [0.1, 0.15) is 11.8 Å². The number of rotatable bonds is 2. The molecule has 0 bridgehead atoms. The topological polar surface area (TPSA) is 68.5 Å². The number of nitrogens with one attached hydrogen (secondary N) is 1. The lowest BCUT2D eigenvalue weighted by Crippen LogP contribution is -2.37. The Kier molecular flexibility index (Phi) is 4.36. The van der Waals surface area contributed by atoms with E-state index in [1.165, 1.54) is 13.0 Å². The smallest absolute Gasteiger partial charge is 0.434 e. The highest BCUT2D eigenvalue weighted by atomic mass is 19.4. The van der Waals surface area contributed by atoms with E-state index in [4.69, 9.17) is 4.74 Å². The van der Waals surface area contributed by atoms with Crippen LogP contribution in [0.25, 0.3) is 5.69 Å². The van der Waals surface area contributed by atoms with Gasteiger partial charge in [-0.15, -0.1) is 0 Å². The standard InChI is InChI=1S/C15H10F6N4O2/c1-7-12(23-24-13(26)27-7)8-2-3-10(9(4-8)14(16,17)18)25-5-11(22-6-25)15(19,20)21/h2-7H,1H3,(H,24,26)/t7-/m0/s1. The monoisotopic (exact) mass is 392 g/mol. The third kappa shape index (κ3) is 3.73. The van der Waals surface area contributed by atoms with Gasteiger partial charge in [0.05, 0.1) is 17.6 Å². The minimum Gasteiger partial charge on any atom is -0.439 e. The van der Waals surface area contributed by atoms with Crippen LogP contribution in [-0.2, 0) is 17.1 Å². The van der Waals surface area contributed by atoms with Crippen molar-refractivity contribution in [3.05, 3.63) is 47.5 Å². The number of ether oxygens (including phenoxy) is 1. The van der Waals surface area contributed by atoms with Gasteiger partial charge < -0.3 is 9.30 Å². The van der Waals surface area contributed by atoms with Crippen molar-refractivity contribution in [3.63, 3.8) is 0 Å². The summed E-state index contributed by atoms with van der Waals surface area (Å²) in [6, 6.07) is 2.94. The Hall–Kier alpha value is -3.05. The van der Waals surface area contributed by atoms with E-state index in [1.54, 1.807) is 0 Å². The van der Waals surface area contributed by atoms with Gasteiger partial charge in [-0.3, -0.25) is 0 Å². The third-order valence-electron chi connectivity index (χ3n) is 3.69. The molecule has 2 heterocycles. The summed E-state index contributed by atoms with van der Waals surface area (Å²) in [6.45, 7) is 1.42. The molecule has 27 heavy (non-hydrogen) atoms. The minimum atomic E-state index is -4.86. The maximum atomic E-state index is 13.5. The Morgan fingerprint density at radius 1 is 1.15 bits per heavy atom. The van der Waals surface area contributed by atoms with Gasteiger partial charge in [0.25, 0.3) is 0 Å². The number of nitrogens with zero attached hydrogens (tertiary/aromatic N) is 3. The second kappa shape index (κ2) is 6.28. The van der Waals surface area contributed by atoms with Gasteiger partial charge in [0, 0.05) is 11.8 Å². The van der Waals surface area contributed by atoms with Gasteiger partial charge in [-0.2, -0.15) is 31.4 Å². The molecule has 1 aromatic carbocycles. The van der Waals surface area contributed by atoms with Crippen molar-refractivity contribution in [2.24, 2.45) is 5.10 Å². The summed E-state index contributed by atoms with van der Waals surface area (Å²) in [5, 5.41) is 3.68. The Morgan fingerprint density at radius 2 is 1.85 bits per heavy atom. The van der Waals surface area contributed by atoms with E-state index in [0.29, 0.717) is 17.1 Å². The van der Waals surface area contributed by atoms with Crippen LogP contribution in [0.5, 0.6) is 0 Å². The van der Waals surface area contributed by atoms with E-state index in [-0.39, 0.29) is 11.3 Å². The first-order valence-electron chi connectivity index (χ1n) is 7.34. The lowest BCUT2D eigenvalue weighted by molar-refractivity contribution is -0.140. The lowest BCUT2D eigenvalue weighted by Gasteiger charge is -2.21. The zero-order chi connectivity index (χ0) is 20.0. The molecule has 1 atom stereocenters. The molecule has 1 N–H and O–H groups in total. The molecule has 2 aromatic rings. The number of aromatic nitrogens is 2. The number of alkyl halides is 6. The Bertz CT molecular complexity index is 916. The molecule has 3 rings (SSSR count). The summed E-state index contributed by atoms with van der Waals surface area (Å²) in [7, 11) is 0. The van der Waals surface area contributed by atoms with Crippen molar-refractivity contribution in [1.29, 1.82) is 0 Å². The van der Waals surface area contributed by atoms with Crippen LogP contribution in [0.4, 0.5) is 31.1 Å². The molecule has 0 radical (unpaired) electrons. The van der Waals surface area contributed by atoms with E-state index in [1.807, 2.05) is 5.43 Å². The number of carbonyl (C=O) groups is 1. The highest BCUT2D eigenvalue weighted by Gasteiger charge is 2.37. The molecule has 1 amide bonds. The van der Waals surface area contributed by atoms with Crippen molar-refractivity contribution < 1.29 is 35.9 Å². The summed E-state index contributed by atoms with van der Waals surface area (Å²) < 4.78 is 83.9. The summed E-state index contributed by atoms with van der Waals surface area (Å²) >= 11 is 0. The summed E-state index contributed by atoms with van der Waals surface area (Å²) in [5.74, 6) is 0. The minimum absolute atomic E-state index is 0.00487. The van der Waals surface area contributed by atoms with Crippen LogP contribution in [0, 0.1) is 0 Å². The molecular weight excluding hydrogens is 382 g/mol. The summed E-state index contributed by atoms with van der Waals surface area (Å²) in [5.41, 5.74) is -1.03. The fraction of sp³-hybridized carbons (Fsp3) is 0.267. The second-order valence-corrected chi connectivity index (χ2v) is 5.55. The maximum Gasteiger partial charge on any atom is 0.434 e. The zero-order valence-corrected chi connectivity index (χ0v) is 13.4. The Balaban J connectivity index is 2.09. The molecule has 1 aromatic heterocycles. The molecule has 0 unspecified atom stereocenters. The molecular formula is C15H10F6N4O2. The summed E-state index contributed by atoms with van der Waals surface area (Å²) in [6.07, 6.45) is -10.3. The van der Waals surface area contributed by atoms with E-state index in [9.17, 15) is 31.1 Å². The van der Waals surface area contributed by atoms with Crippen LogP contribution < -0.4 is 5.43 Å². The van der Waals surface area contributed by atoms with Crippen LogP contribution in [0.1, 0.15) is 23.7 Å². The summed E-state index contributed by atoms with van der Waals surface area (Å²) in [4.78, 5) is 14.2. The van der Waals surface area contributed by atoms with E-state index < -0.39 is 41.5 Å². The van der Waals surface area contributed by atoms with Gasteiger partial charge >= 0.3 is 18.4 Å². The first-order chi connectivity index (χ1) is 12.5. The van der Waals surface area contributed by atoms with E-state index in [0.717, 1.165) is 12.1 Å². The normalized spacial score (nSPS) is 18.0. The van der Waals surface area contributed by atoms with Gasteiger partial charge in [-0.1, -0.05) is 6.07 Å². The zero-order valence-electron chi connectivity index (χ0n) is 13.4. The van der Waals surface area contributed by atoms with E-state index in [2.05, 4.69) is 10.1 Å². The Labute approximate surface area is 147 Å². The number of hydrogen-bond acceptors (Lipinski definition) is 4. The number of hydrogen-bond donors (Lipinski definition) is 1. The predicted octanol–water partition coefficient (Wildman–Crippen LogP) is 3.74. The maximum absolute atomic E-state index is 13.5. The number of imidazole rings is 1. The molecule has 12 heteroatoms. The number of benzene rings is 1. The third-order valence-corrected chi connectivity index (χ3v) is 3.69. The molecule has 0 saturated heterocycles. The average Bonchev–Trinajstić information content (AvgIpc) is 3.03. The van der Waals surface area contributed by atoms with Crippen LogP contribution in [0.3, 0.4) is 0 Å². The second-order valence-electron chi connectivity index (χ2n) is 5.55. The van der Waals surface area contributed by atoms with Crippen LogP contribution >= 0.6 is 0 Å². The molecule has 1 aliphatic heterocycles. The molecule has 6 nitrogen and oxygen atoms in total. The van der Waals surface area contributed by atoms with Crippen LogP contribution in [0.15, 0.2) is 35.8 Å². The lowest BCUT2D eigenvalue weighted by atomic mass is 10.0. The molecule has 0 fully saturated rings. The average molecular weight is 392 g/mol. The van der Waals surface area contributed by atoms with Crippen molar-refractivity contribution in [2.45, 2.75) is 25.4 Å². The molecule has 0 saturated carbocycles. The SMILES string of the molecule is C[C@@H]1OC(=O)NN=C1c1ccc(-n2cnc(C(F)(F)F)c2)c(C(F)(F)F)c1. The van der Waals surface area contributed by atoms with Crippen molar-refractivity contribution in [1.82, 2.24) is 15.0 Å². The van der Waals surface area contributed by atoms with Crippen molar-refractivity contribution >= 4 is 11.8 Å². The van der Waals surface area contributed by atoms with Crippen LogP contribution in [0.2, 0.25) is 0 Å². The number of amides is 1. The van der Waals surface area contributed by atoms with Gasteiger partial charge in [-0.05, 0) is 19.1 Å². The first-order valence-corrected chi connectivity index (χ1v) is 7.34. The predicted molar refractivity (Wildman–Crippen MR) is 79.2 cm³/mol. The highest BCUT2D eigenvalue weighted by molar-refractivity contribution is 6.06. The van der Waals surface area contributed by atoms with Crippen LogP contribution in [-0.4, -0.2) is 27.5 Å². The number of cyclic esters (lactones) is 1.